The highest BCUT2D eigenvalue weighted by Crippen LogP contribution is 2.49. The van der Waals surface area contributed by atoms with E-state index in [1.807, 2.05) is 158 Å². The highest BCUT2D eigenvalue weighted by molar-refractivity contribution is 8.00. The van der Waals surface area contributed by atoms with E-state index in [1.165, 1.54) is 24.8 Å². The molecule has 1 aliphatic carbocycles. The first-order valence-electron chi connectivity index (χ1n) is 21.7. The third-order valence-electron chi connectivity index (χ3n) is 11.5. The molecular weight excluding hydrogens is 835 g/mol. The summed E-state index contributed by atoms with van der Waals surface area (Å²) in [4.78, 5) is 55.0. The fraction of sp³-hybridized carbons (Fsp3) is 0.222. The van der Waals surface area contributed by atoms with E-state index in [0.29, 0.717) is 0 Å². The predicted octanol–water partition coefficient (Wildman–Crippen LogP) is 8.33. The van der Waals surface area contributed by atoms with Crippen molar-refractivity contribution < 1.29 is 33.8 Å². The summed E-state index contributed by atoms with van der Waals surface area (Å²) in [5, 5.41) is 20.1. The second-order valence-corrected chi connectivity index (χ2v) is 17.1. The first kappa shape index (κ1) is 46.1. The molecule has 332 valence electrons. The van der Waals surface area contributed by atoms with E-state index in [9.17, 15) is 24.3 Å². The number of carbonyl (C=O) groups excluding carboxylic acids is 4. The van der Waals surface area contributed by atoms with Crippen LogP contribution in [0.3, 0.4) is 0 Å². The molecule has 1 aliphatic rings. The topological polar surface area (TPSA) is 143 Å². The number of rotatable bonds is 20. The Labute approximate surface area is 384 Å². The summed E-state index contributed by atoms with van der Waals surface area (Å²) < 4.78 is 10.1. The molecule has 0 saturated carbocycles. The molecule has 0 fully saturated rings. The van der Waals surface area contributed by atoms with Crippen molar-refractivity contribution in [1.29, 1.82) is 0 Å². The maximum absolute atomic E-state index is 14.8. The Morgan fingerprint density at radius 2 is 1.15 bits per heavy atom. The van der Waals surface area contributed by atoms with Gasteiger partial charge in [0.2, 0.25) is 11.8 Å². The van der Waals surface area contributed by atoms with E-state index >= 15 is 0 Å². The van der Waals surface area contributed by atoms with Crippen molar-refractivity contribution in [2.24, 2.45) is 0 Å². The number of ether oxygens (including phenoxy) is 2. The summed E-state index contributed by atoms with van der Waals surface area (Å²) in [5.41, 5.74) is 7.96. The maximum atomic E-state index is 14.8. The minimum Gasteiger partial charge on any atom is -0.461 e. The molecule has 0 radical (unpaired) electrons. The summed E-state index contributed by atoms with van der Waals surface area (Å²) in [6.45, 7) is 5.14. The molecule has 10 nitrogen and oxygen atoms in total. The number of esters is 1. The number of thioether (sulfide) groups is 1. The maximum Gasteiger partial charge on any atom is 0.407 e. The summed E-state index contributed by atoms with van der Waals surface area (Å²) in [5.74, 6) is -2.01. The summed E-state index contributed by atoms with van der Waals surface area (Å²) in [7, 11) is 0. The van der Waals surface area contributed by atoms with Crippen molar-refractivity contribution in [2.75, 3.05) is 19.0 Å². The van der Waals surface area contributed by atoms with Crippen LogP contribution in [0.15, 0.2) is 183 Å². The molecule has 7 rings (SSSR count). The van der Waals surface area contributed by atoms with E-state index < -0.39 is 59.3 Å². The molecule has 0 unspecified atom stereocenters. The molecule has 0 bridgehead atoms. The molecule has 0 saturated heterocycles. The smallest absolute Gasteiger partial charge is 0.407 e. The quantitative estimate of drug-likeness (QED) is 0.0341. The van der Waals surface area contributed by atoms with Crippen LogP contribution >= 0.6 is 11.8 Å². The number of amides is 3. The zero-order valence-corrected chi connectivity index (χ0v) is 37.0. The molecule has 65 heavy (non-hydrogen) atoms. The molecule has 0 spiro atoms. The number of alkyl carbamates (subject to hydrolysis) is 1. The molecule has 11 heteroatoms. The third-order valence-corrected chi connectivity index (χ3v) is 13.2. The lowest BCUT2D eigenvalue weighted by Crippen LogP contribution is -2.57. The minimum atomic E-state index is -1.34. The molecule has 0 aliphatic heterocycles. The first-order chi connectivity index (χ1) is 31.7. The van der Waals surface area contributed by atoms with Gasteiger partial charge < -0.3 is 30.5 Å². The third kappa shape index (κ3) is 11.2. The van der Waals surface area contributed by atoms with Crippen LogP contribution in [-0.4, -0.2) is 72.2 Å². The van der Waals surface area contributed by atoms with Crippen molar-refractivity contribution in [1.82, 2.24) is 16.0 Å². The lowest BCUT2D eigenvalue weighted by Gasteiger charge is -2.37. The van der Waals surface area contributed by atoms with Crippen molar-refractivity contribution in [2.45, 2.75) is 54.7 Å². The second-order valence-electron chi connectivity index (χ2n) is 15.9. The van der Waals surface area contributed by atoms with E-state index in [-0.39, 0.29) is 31.3 Å². The lowest BCUT2D eigenvalue weighted by atomic mass is 9.84. The van der Waals surface area contributed by atoms with Crippen molar-refractivity contribution >= 4 is 35.6 Å². The Kier molecular flexibility index (Phi) is 15.7. The molecule has 4 N–H and O–H groups in total. The van der Waals surface area contributed by atoms with Gasteiger partial charge in [-0.15, -0.1) is 11.8 Å². The van der Waals surface area contributed by atoms with E-state index in [2.05, 4.69) is 34.7 Å². The Morgan fingerprint density at radius 1 is 0.662 bits per heavy atom. The average molecular weight is 888 g/mol. The van der Waals surface area contributed by atoms with Crippen LogP contribution in [0.2, 0.25) is 0 Å². The van der Waals surface area contributed by atoms with Crippen molar-refractivity contribution in [3.05, 3.63) is 216 Å². The van der Waals surface area contributed by atoms with Crippen molar-refractivity contribution in [3.8, 4) is 11.1 Å². The van der Waals surface area contributed by atoms with Gasteiger partial charge in [0.1, 0.15) is 25.3 Å². The summed E-state index contributed by atoms with van der Waals surface area (Å²) in [6.07, 6.45) is -0.903. The summed E-state index contributed by atoms with van der Waals surface area (Å²) in [6, 6.07) is 51.9. The molecule has 6 aromatic rings. The van der Waals surface area contributed by atoms with Gasteiger partial charge in [0, 0.05) is 11.7 Å². The molecule has 0 heterocycles. The predicted molar refractivity (Wildman–Crippen MR) is 255 cm³/mol. The number of hydrogen-bond donors (Lipinski definition) is 4. The van der Waals surface area contributed by atoms with Gasteiger partial charge in [-0.1, -0.05) is 183 Å². The number of carbonyl (C=O) groups is 4. The monoisotopic (exact) mass is 887 g/mol. The van der Waals surface area contributed by atoms with Crippen LogP contribution in [0.4, 0.5) is 4.79 Å². The Morgan fingerprint density at radius 3 is 1.68 bits per heavy atom. The molecule has 0 aromatic heterocycles. The second kappa shape index (κ2) is 22.1. The van der Waals surface area contributed by atoms with Gasteiger partial charge >= 0.3 is 12.1 Å². The van der Waals surface area contributed by atoms with Crippen LogP contribution in [0.1, 0.15) is 52.6 Å². The van der Waals surface area contributed by atoms with Crippen LogP contribution in [0, 0.1) is 0 Å². The van der Waals surface area contributed by atoms with Crippen LogP contribution in [0.25, 0.3) is 11.1 Å². The van der Waals surface area contributed by atoms with E-state index in [1.54, 1.807) is 0 Å². The zero-order valence-electron chi connectivity index (χ0n) is 36.2. The molecule has 4 atom stereocenters. The van der Waals surface area contributed by atoms with Gasteiger partial charge in [0.25, 0.3) is 0 Å². The van der Waals surface area contributed by atoms with Crippen LogP contribution in [-0.2, 0) is 35.0 Å². The highest BCUT2D eigenvalue weighted by Gasteiger charge is 2.40. The molecule has 3 amide bonds. The average Bonchev–Trinajstić information content (AvgIpc) is 3.66. The first-order valence-corrected chi connectivity index (χ1v) is 22.7. The van der Waals surface area contributed by atoms with Crippen LogP contribution in [0.5, 0.6) is 0 Å². The Balaban J connectivity index is 1.15. The Hall–Kier alpha value is -6.95. The normalized spacial score (nSPS) is 13.8. The van der Waals surface area contributed by atoms with Gasteiger partial charge in [-0.3, -0.25) is 14.4 Å². The summed E-state index contributed by atoms with van der Waals surface area (Å²) >= 11 is 1.47. The largest absolute Gasteiger partial charge is 0.461 e. The van der Waals surface area contributed by atoms with Gasteiger partial charge in [-0.25, -0.2) is 4.79 Å². The number of hydrogen-bond acceptors (Lipinski definition) is 8. The van der Waals surface area contributed by atoms with Gasteiger partial charge in [0.05, 0.1) is 23.3 Å². The number of nitrogens with one attached hydrogen (secondary N) is 3. The number of aliphatic hydroxyl groups excluding tert-OH is 1. The Bertz CT molecular complexity index is 2400. The van der Waals surface area contributed by atoms with Gasteiger partial charge in [0.15, 0.2) is 0 Å². The highest BCUT2D eigenvalue weighted by atomic mass is 32.2. The minimum absolute atomic E-state index is 0.0269. The molecular formula is C54H53N3O7S. The van der Waals surface area contributed by atoms with Crippen molar-refractivity contribution in [3.63, 3.8) is 0 Å². The van der Waals surface area contributed by atoms with Gasteiger partial charge in [-0.05, 0) is 57.9 Å². The SMILES string of the molecule is C=CCOC(=O)C[C@H](O)[C@@H](Cc1ccccc1)NC(=O)[C@@H](CSC(c1ccccc1)(c1ccccc1)c1ccccc1)NC(=O)[C@@H](C)NC(=O)OCC1c2ccccc2-c2ccccc21. The van der Waals surface area contributed by atoms with E-state index in [4.69, 9.17) is 9.47 Å². The fourth-order valence-electron chi connectivity index (χ4n) is 8.30. The lowest BCUT2D eigenvalue weighted by molar-refractivity contribution is -0.145. The molecule has 6 aromatic carbocycles. The van der Waals surface area contributed by atoms with Gasteiger partial charge in [-0.2, -0.15) is 0 Å². The standard InChI is InChI=1S/C54H53N3O7S/c1-3-32-63-50(59)34-49(58)47(33-38-20-8-4-9-21-38)56-52(61)48(36-65-54(39-22-10-5-11-23-39,40-24-12-6-13-25-40)41-26-14-7-15-27-41)57-51(60)37(2)55-53(62)64-35-46-44-30-18-16-28-42(44)43-29-17-19-31-45(43)46/h3-31,37,46-49,58H,1,32-36H2,2H3,(H,55,62)(H,56,61)(H,57,60)/t37-,47-,48-,49+/m1/s1. The fourth-order valence-corrected chi connectivity index (χ4v) is 9.86. The zero-order chi connectivity index (χ0) is 45.6. The number of benzene rings is 6. The van der Waals surface area contributed by atoms with E-state index in [0.717, 1.165) is 44.5 Å². The van der Waals surface area contributed by atoms with Crippen LogP contribution < -0.4 is 16.0 Å². The number of fused-ring (bicyclic) bond motifs is 3. The number of aliphatic hydroxyl groups is 1.